The van der Waals surface area contributed by atoms with Crippen LogP contribution in [0.1, 0.15) is 12.5 Å². The minimum absolute atomic E-state index is 0.123. The quantitative estimate of drug-likeness (QED) is 0.776. The zero-order valence-electron chi connectivity index (χ0n) is 13.0. The number of hydrogen-bond donors (Lipinski definition) is 1. The van der Waals surface area contributed by atoms with Crippen LogP contribution in [0.15, 0.2) is 72.8 Å². The third-order valence-electron chi connectivity index (χ3n) is 3.71. The fourth-order valence-corrected chi connectivity index (χ4v) is 2.44. The molecule has 3 aromatic carbocycles. The number of amides is 1. The summed E-state index contributed by atoms with van der Waals surface area (Å²) in [6, 6.07) is 23.7. The normalized spacial score (nSPS) is 11.9. The van der Waals surface area contributed by atoms with Crippen molar-refractivity contribution < 1.29 is 9.53 Å². The Morgan fingerprint density at radius 3 is 2.43 bits per heavy atom. The highest BCUT2D eigenvalue weighted by molar-refractivity contribution is 5.83. The van der Waals surface area contributed by atoms with Gasteiger partial charge in [-0.3, -0.25) is 4.79 Å². The third kappa shape index (κ3) is 3.89. The second-order valence-corrected chi connectivity index (χ2v) is 5.47. The van der Waals surface area contributed by atoms with E-state index in [0.717, 1.165) is 5.56 Å². The molecule has 1 amide bonds. The minimum atomic E-state index is -0.530. The Bertz CT molecular complexity index is 799. The first kappa shape index (κ1) is 15.1. The van der Waals surface area contributed by atoms with Gasteiger partial charge in [0.25, 0.3) is 5.91 Å². The van der Waals surface area contributed by atoms with Gasteiger partial charge in [-0.2, -0.15) is 0 Å². The topological polar surface area (TPSA) is 38.3 Å². The Hall–Kier alpha value is -2.81. The van der Waals surface area contributed by atoms with E-state index in [2.05, 4.69) is 29.6 Å². The summed E-state index contributed by atoms with van der Waals surface area (Å²) in [4.78, 5) is 12.1. The van der Waals surface area contributed by atoms with Gasteiger partial charge in [-0.25, -0.2) is 0 Å². The van der Waals surface area contributed by atoms with E-state index in [-0.39, 0.29) is 5.91 Å². The molecule has 23 heavy (non-hydrogen) atoms. The van der Waals surface area contributed by atoms with Crippen molar-refractivity contribution >= 4 is 16.7 Å². The van der Waals surface area contributed by atoms with Crippen molar-refractivity contribution in [2.24, 2.45) is 0 Å². The van der Waals surface area contributed by atoms with Crippen molar-refractivity contribution in [3.05, 3.63) is 78.4 Å². The number of carbonyl (C=O) groups excluding carboxylic acids is 1. The van der Waals surface area contributed by atoms with Gasteiger partial charge < -0.3 is 10.1 Å². The van der Waals surface area contributed by atoms with Crippen LogP contribution in [0.3, 0.4) is 0 Å². The van der Waals surface area contributed by atoms with Crippen LogP contribution in [0.2, 0.25) is 0 Å². The first-order valence-corrected chi connectivity index (χ1v) is 7.69. The molecule has 3 rings (SSSR count). The summed E-state index contributed by atoms with van der Waals surface area (Å²) < 4.78 is 5.62. The number of nitrogens with one attached hydrogen (secondary N) is 1. The number of hydrogen-bond acceptors (Lipinski definition) is 2. The standard InChI is InChI=1S/C20H19NO2/c1-15(23-19-9-3-2-4-10-19)20(22)21-14-16-11-12-17-7-5-6-8-18(17)13-16/h2-13,15H,14H2,1H3,(H,21,22)/t15-/m0/s1. The molecule has 1 N–H and O–H groups in total. The van der Waals surface area contributed by atoms with E-state index in [1.165, 1.54) is 10.8 Å². The number of carbonyl (C=O) groups is 1. The van der Waals surface area contributed by atoms with Crippen molar-refractivity contribution in [1.82, 2.24) is 5.32 Å². The molecule has 0 fully saturated rings. The van der Waals surface area contributed by atoms with E-state index in [4.69, 9.17) is 4.74 Å². The van der Waals surface area contributed by atoms with Crippen LogP contribution in [0.25, 0.3) is 10.8 Å². The highest BCUT2D eigenvalue weighted by atomic mass is 16.5. The average molecular weight is 305 g/mol. The Balaban J connectivity index is 1.59. The Morgan fingerprint density at radius 1 is 0.957 bits per heavy atom. The molecule has 3 heteroatoms. The first-order chi connectivity index (χ1) is 11.2. The first-order valence-electron chi connectivity index (χ1n) is 7.69. The predicted octanol–water partition coefficient (Wildman–Crippen LogP) is 3.92. The van der Waals surface area contributed by atoms with Crippen LogP contribution in [0.4, 0.5) is 0 Å². The second-order valence-electron chi connectivity index (χ2n) is 5.47. The average Bonchev–Trinajstić information content (AvgIpc) is 2.60. The molecule has 0 aromatic heterocycles. The molecule has 3 aromatic rings. The van der Waals surface area contributed by atoms with Gasteiger partial charge in [-0.05, 0) is 41.5 Å². The molecule has 0 heterocycles. The maximum atomic E-state index is 12.1. The lowest BCUT2D eigenvalue weighted by Crippen LogP contribution is -2.35. The maximum Gasteiger partial charge on any atom is 0.261 e. The molecular weight excluding hydrogens is 286 g/mol. The van der Waals surface area contributed by atoms with Crippen molar-refractivity contribution in [1.29, 1.82) is 0 Å². The molecule has 0 saturated heterocycles. The van der Waals surface area contributed by atoms with E-state index < -0.39 is 6.10 Å². The van der Waals surface area contributed by atoms with Crippen LogP contribution < -0.4 is 10.1 Å². The van der Waals surface area contributed by atoms with E-state index in [1.54, 1.807) is 6.92 Å². The largest absolute Gasteiger partial charge is 0.481 e. The minimum Gasteiger partial charge on any atom is -0.481 e. The van der Waals surface area contributed by atoms with E-state index >= 15 is 0 Å². The summed E-state index contributed by atoms with van der Waals surface area (Å²) in [5, 5.41) is 5.29. The lowest BCUT2D eigenvalue weighted by atomic mass is 10.1. The van der Waals surface area contributed by atoms with Crippen LogP contribution in [-0.2, 0) is 11.3 Å². The van der Waals surface area contributed by atoms with Crippen molar-refractivity contribution in [2.75, 3.05) is 0 Å². The summed E-state index contributed by atoms with van der Waals surface area (Å²) in [6.07, 6.45) is -0.530. The van der Waals surface area contributed by atoms with Crippen LogP contribution >= 0.6 is 0 Å². The van der Waals surface area contributed by atoms with E-state index in [9.17, 15) is 4.79 Å². The molecule has 0 radical (unpaired) electrons. The molecule has 0 aliphatic rings. The Morgan fingerprint density at radius 2 is 1.65 bits per heavy atom. The Kier molecular flexibility index (Phi) is 4.57. The van der Waals surface area contributed by atoms with Gasteiger partial charge in [0.2, 0.25) is 0 Å². The summed E-state index contributed by atoms with van der Waals surface area (Å²) in [5.74, 6) is 0.572. The summed E-state index contributed by atoms with van der Waals surface area (Å²) in [5.41, 5.74) is 1.07. The number of benzene rings is 3. The molecule has 0 aliphatic carbocycles. The van der Waals surface area contributed by atoms with Gasteiger partial charge in [0, 0.05) is 6.54 Å². The van der Waals surface area contributed by atoms with Crippen molar-refractivity contribution in [3.63, 3.8) is 0 Å². The molecule has 116 valence electrons. The van der Waals surface area contributed by atoms with Gasteiger partial charge in [-0.1, -0.05) is 54.6 Å². The molecular formula is C20H19NO2. The number of ether oxygens (including phenoxy) is 1. The van der Waals surface area contributed by atoms with Gasteiger partial charge in [0.15, 0.2) is 6.10 Å². The monoisotopic (exact) mass is 305 g/mol. The van der Waals surface area contributed by atoms with Gasteiger partial charge >= 0.3 is 0 Å². The summed E-state index contributed by atoms with van der Waals surface area (Å²) in [7, 11) is 0. The molecule has 0 bridgehead atoms. The summed E-state index contributed by atoms with van der Waals surface area (Å²) in [6.45, 7) is 2.24. The molecule has 0 unspecified atom stereocenters. The third-order valence-corrected chi connectivity index (χ3v) is 3.71. The van der Waals surface area contributed by atoms with E-state index in [0.29, 0.717) is 12.3 Å². The maximum absolute atomic E-state index is 12.1. The lowest BCUT2D eigenvalue weighted by molar-refractivity contribution is -0.127. The molecule has 3 nitrogen and oxygen atoms in total. The zero-order valence-corrected chi connectivity index (χ0v) is 13.0. The van der Waals surface area contributed by atoms with Gasteiger partial charge in [0.05, 0.1) is 0 Å². The predicted molar refractivity (Wildman–Crippen MR) is 92.3 cm³/mol. The van der Waals surface area contributed by atoms with Crippen molar-refractivity contribution in [2.45, 2.75) is 19.6 Å². The molecule has 0 saturated carbocycles. The SMILES string of the molecule is C[C@H](Oc1ccccc1)C(=O)NCc1ccc2ccccc2c1. The Labute approximate surface area is 135 Å². The van der Waals surface area contributed by atoms with Gasteiger partial charge in [-0.15, -0.1) is 0 Å². The van der Waals surface area contributed by atoms with Crippen LogP contribution in [-0.4, -0.2) is 12.0 Å². The lowest BCUT2D eigenvalue weighted by Gasteiger charge is -2.14. The van der Waals surface area contributed by atoms with Gasteiger partial charge in [0.1, 0.15) is 5.75 Å². The highest BCUT2D eigenvalue weighted by Crippen LogP contribution is 2.15. The van der Waals surface area contributed by atoms with Crippen LogP contribution in [0, 0.1) is 0 Å². The van der Waals surface area contributed by atoms with Crippen molar-refractivity contribution in [3.8, 4) is 5.75 Å². The number of rotatable bonds is 5. The fourth-order valence-electron chi connectivity index (χ4n) is 2.44. The smallest absolute Gasteiger partial charge is 0.261 e. The summed E-state index contributed by atoms with van der Waals surface area (Å²) >= 11 is 0. The molecule has 0 aliphatic heterocycles. The zero-order chi connectivity index (χ0) is 16.1. The van der Waals surface area contributed by atoms with Crippen LogP contribution in [0.5, 0.6) is 5.75 Å². The van der Waals surface area contributed by atoms with E-state index in [1.807, 2.05) is 48.5 Å². The number of para-hydroxylation sites is 1. The fraction of sp³-hybridized carbons (Fsp3) is 0.150. The number of fused-ring (bicyclic) bond motifs is 1. The molecule has 0 spiro atoms. The second kappa shape index (κ2) is 6.97. The highest BCUT2D eigenvalue weighted by Gasteiger charge is 2.14. The molecule has 1 atom stereocenters.